The van der Waals surface area contributed by atoms with Crippen molar-refractivity contribution >= 4 is 6.29 Å². The van der Waals surface area contributed by atoms with Crippen LogP contribution in [0, 0.1) is 5.92 Å². The van der Waals surface area contributed by atoms with Gasteiger partial charge in [0.25, 0.3) is 0 Å². The van der Waals surface area contributed by atoms with Crippen LogP contribution in [0.5, 0.6) is 0 Å². The third kappa shape index (κ3) is 1.79. The van der Waals surface area contributed by atoms with Crippen molar-refractivity contribution in [3.05, 3.63) is 0 Å². The summed E-state index contributed by atoms with van der Waals surface area (Å²) in [5, 5.41) is 9.69. The average molecular weight is 158 g/mol. The first-order chi connectivity index (χ1) is 5.19. The smallest absolute Gasteiger partial charge is 0.174 e. The van der Waals surface area contributed by atoms with Crippen molar-refractivity contribution in [2.45, 2.75) is 32.0 Å². The first-order valence-electron chi connectivity index (χ1n) is 4.01. The molecule has 3 nitrogen and oxygen atoms in total. The molecule has 2 atom stereocenters. The number of hydrogen-bond donors (Lipinski definition) is 1. The van der Waals surface area contributed by atoms with Gasteiger partial charge in [-0.15, -0.1) is 0 Å². The van der Waals surface area contributed by atoms with Crippen LogP contribution in [0.15, 0.2) is 0 Å². The molecule has 0 aromatic carbocycles. The molecule has 11 heavy (non-hydrogen) atoms. The zero-order chi connectivity index (χ0) is 8.32. The van der Waals surface area contributed by atoms with Crippen LogP contribution in [-0.2, 0) is 9.53 Å². The minimum atomic E-state index is -1.18. The fourth-order valence-electron chi connectivity index (χ4n) is 1.27. The maximum atomic E-state index is 10.4. The molecule has 1 aliphatic heterocycles. The summed E-state index contributed by atoms with van der Waals surface area (Å²) in [6.45, 7) is 2.24. The maximum Gasteiger partial charge on any atom is 0.174 e. The topological polar surface area (TPSA) is 46.5 Å². The molecule has 0 aromatic rings. The molecule has 1 unspecified atom stereocenters. The van der Waals surface area contributed by atoms with Crippen LogP contribution >= 0.6 is 0 Å². The van der Waals surface area contributed by atoms with Gasteiger partial charge in [0.2, 0.25) is 0 Å². The van der Waals surface area contributed by atoms with Gasteiger partial charge in [0.1, 0.15) is 6.29 Å². The van der Waals surface area contributed by atoms with Crippen molar-refractivity contribution in [1.82, 2.24) is 0 Å². The molecule has 1 fully saturated rings. The van der Waals surface area contributed by atoms with Crippen LogP contribution in [-0.4, -0.2) is 23.8 Å². The third-order valence-corrected chi connectivity index (χ3v) is 2.20. The number of ether oxygens (including phenoxy) is 1. The number of hydrogen-bond acceptors (Lipinski definition) is 3. The van der Waals surface area contributed by atoms with Crippen molar-refractivity contribution in [1.29, 1.82) is 0 Å². The van der Waals surface area contributed by atoms with Crippen molar-refractivity contribution in [2.75, 3.05) is 6.61 Å². The van der Waals surface area contributed by atoms with Gasteiger partial charge in [-0.2, -0.15) is 0 Å². The molecule has 0 bridgehead atoms. The summed E-state index contributed by atoms with van der Waals surface area (Å²) in [4.78, 5) is 10.4. The largest absolute Gasteiger partial charge is 0.365 e. The highest BCUT2D eigenvalue weighted by Crippen LogP contribution is 2.28. The van der Waals surface area contributed by atoms with E-state index in [4.69, 9.17) is 4.74 Å². The lowest BCUT2D eigenvalue weighted by atomic mass is 9.94. The lowest BCUT2D eigenvalue weighted by Crippen LogP contribution is -2.42. The van der Waals surface area contributed by atoms with Gasteiger partial charge >= 0.3 is 0 Å². The predicted octanol–water partition coefficient (Wildman–Crippen LogP) is 0.710. The molecule has 1 aliphatic rings. The Kier molecular flexibility index (Phi) is 2.62. The molecular formula is C8H14O3. The molecule has 0 radical (unpaired) electrons. The number of aliphatic hydroxyl groups is 1. The van der Waals surface area contributed by atoms with Gasteiger partial charge < -0.3 is 14.6 Å². The average Bonchev–Trinajstić information content (AvgIpc) is 2.04. The number of carbonyl (C=O) groups excluding carboxylic acids is 1. The standard InChI is InChI=1S/C8H14O3/c1-7(6-9)8(10)4-2-3-5-11-8/h6-7,10H,2-5H2,1H3/t7?,8-/m0/s1. The van der Waals surface area contributed by atoms with Gasteiger partial charge in [0.15, 0.2) is 5.79 Å². The molecule has 64 valence electrons. The highest BCUT2D eigenvalue weighted by molar-refractivity contribution is 5.54. The van der Waals surface area contributed by atoms with Gasteiger partial charge in [-0.3, -0.25) is 0 Å². The Morgan fingerprint density at radius 3 is 2.82 bits per heavy atom. The summed E-state index contributed by atoms with van der Waals surface area (Å²) < 4.78 is 5.14. The first-order valence-corrected chi connectivity index (χ1v) is 4.01. The summed E-state index contributed by atoms with van der Waals surface area (Å²) in [6, 6.07) is 0. The molecule has 1 rings (SSSR count). The third-order valence-electron chi connectivity index (χ3n) is 2.20. The van der Waals surface area contributed by atoms with E-state index < -0.39 is 11.7 Å². The van der Waals surface area contributed by atoms with Crippen molar-refractivity contribution in [2.24, 2.45) is 5.92 Å². The summed E-state index contributed by atoms with van der Waals surface area (Å²) in [6.07, 6.45) is 3.24. The predicted molar refractivity (Wildman–Crippen MR) is 40.0 cm³/mol. The Morgan fingerprint density at radius 1 is 1.64 bits per heavy atom. The van der Waals surface area contributed by atoms with Gasteiger partial charge in [-0.1, -0.05) is 6.92 Å². The molecule has 1 N–H and O–H groups in total. The second kappa shape index (κ2) is 3.32. The minimum absolute atomic E-state index is 0.414. The Morgan fingerprint density at radius 2 is 2.36 bits per heavy atom. The van der Waals surface area contributed by atoms with E-state index in [0.717, 1.165) is 19.1 Å². The first kappa shape index (κ1) is 8.68. The fraction of sp³-hybridized carbons (Fsp3) is 0.875. The Hall–Kier alpha value is -0.410. The molecule has 1 heterocycles. The quantitative estimate of drug-likeness (QED) is 0.602. The number of rotatable bonds is 2. The maximum absolute atomic E-state index is 10.4. The lowest BCUT2D eigenvalue weighted by Gasteiger charge is -2.34. The van der Waals surface area contributed by atoms with E-state index in [1.807, 2.05) is 0 Å². The molecule has 0 amide bonds. The van der Waals surface area contributed by atoms with Gasteiger partial charge in [-0.05, 0) is 12.8 Å². The van der Waals surface area contributed by atoms with Crippen LogP contribution in [0.25, 0.3) is 0 Å². The van der Waals surface area contributed by atoms with E-state index in [9.17, 15) is 9.90 Å². The fourth-order valence-corrected chi connectivity index (χ4v) is 1.27. The highest BCUT2D eigenvalue weighted by atomic mass is 16.6. The van der Waals surface area contributed by atoms with Crippen LogP contribution in [0.4, 0.5) is 0 Å². The second-order valence-electron chi connectivity index (χ2n) is 3.08. The molecule has 0 spiro atoms. The molecule has 1 saturated heterocycles. The Labute approximate surface area is 66.4 Å². The summed E-state index contributed by atoms with van der Waals surface area (Å²) in [5.41, 5.74) is 0. The molecule has 3 heteroatoms. The zero-order valence-electron chi connectivity index (χ0n) is 6.75. The van der Waals surface area contributed by atoms with Crippen LogP contribution in [0.1, 0.15) is 26.2 Å². The van der Waals surface area contributed by atoms with E-state index in [-0.39, 0.29) is 0 Å². The zero-order valence-corrected chi connectivity index (χ0v) is 6.75. The van der Waals surface area contributed by atoms with E-state index in [0.29, 0.717) is 13.0 Å². The number of carbonyl (C=O) groups is 1. The van der Waals surface area contributed by atoms with E-state index in [1.54, 1.807) is 6.92 Å². The summed E-state index contributed by atoms with van der Waals surface area (Å²) in [7, 11) is 0. The minimum Gasteiger partial charge on any atom is -0.365 e. The monoisotopic (exact) mass is 158 g/mol. The normalized spacial score (nSPS) is 34.7. The van der Waals surface area contributed by atoms with E-state index in [2.05, 4.69) is 0 Å². The molecule has 0 aliphatic carbocycles. The summed E-state index contributed by atoms with van der Waals surface area (Å²) >= 11 is 0. The highest BCUT2D eigenvalue weighted by Gasteiger charge is 2.36. The number of aldehydes is 1. The van der Waals surface area contributed by atoms with Crippen molar-refractivity contribution in [3.8, 4) is 0 Å². The molecule has 0 saturated carbocycles. The van der Waals surface area contributed by atoms with Gasteiger partial charge in [0, 0.05) is 6.42 Å². The van der Waals surface area contributed by atoms with Crippen LogP contribution < -0.4 is 0 Å². The van der Waals surface area contributed by atoms with Crippen LogP contribution in [0.2, 0.25) is 0 Å². The lowest BCUT2D eigenvalue weighted by molar-refractivity contribution is -0.245. The Bertz CT molecular complexity index is 138. The summed E-state index contributed by atoms with van der Waals surface area (Å²) in [5.74, 6) is -1.59. The Balaban J connectivity index is 2.55. The van der Waals surface area contributed by atoms with Crippen molar-refractivity contribution in [3.63, 3.8) is 0 Å². The van der Waals surface area contributed by atoms with Gasteiger partial charge in [-0.25, -0.2) is 0 Å². The second-order valence-corrected chi connectivity index (χ2v) is 3.08. The van der Waals surface area contributed by atoms with E-state index in [1.165, 1.54) is 0 Å². The van der Waals surface area contributed by atoms with Gasteiger partial charge in [0.05, 0.1) is 12.5 Å². The van der Waals surface area contributed by atoms with Crippen molar-refractivity contribution < 1.29 is 14.6 Å². The molecule has 0 aromatic heterocycles. The van der Waals surface area contributed by atoms with E-state index >= 15 is 0 Å². The molecular weight excluding hydrogens is 144 g/mol. The van der Waals surface area contributed by atoms with Crippen LogP contribution in [0.3, 0.4) is 0 Å². The SMILES string of the molecule is CC(C=O)[C@]1(O)CCCCO1.